The SMILES string of the molecule is CCCCC1(C)C2CC1C1(C)OB(C3CCCC3(C)CC(C)C)OC1(N)C2. The second-order valence-corrected chi connectivity index (χ2v) is 11.7. The van der Waals surface area contributed by atoms with Gasteiger partial charge in [0.2, 0.25) is 0 Å². The normalized spacial score (nSPS) is 51.6. The Labute approximate surface area is 167 Å². The van der Waals surface area contributed by atoms with Crippen LogP contribution >= 0.6 is 0 Å². The van der Waals surface area contributed by atoms with E-state index in [-0.39, 0.29) is 12.7 Å². The van der Waals surface area contributed by atoms with Gasteiger partial charge in [0.25, 0.3) is 0 Å². The topological polar surface area (TPSA) is 44.5 Å². The van der Waals surface area contributed by atoms with Crippen LogP contribution in [-0.4, -0.2) is 18.4 Å². The molecule has 2 N–H and O–H groups in total. The molecule has 0 aromatic heterocycles. The van der Waals surface area contributed by atoms with Crippen LogP contribution in [0.1, 0.15) is 99.3 Å². The number of unbranched alkanes of at least 4 members (excludes halogenated alkanes) is 1. The standard InChI is InChI=1S/C23H42BNO2/c1-7-8-12-21(5)17-13-18(21)22(6)23(25,15-17)27-24(26-22)19-10-9-11-20(19,4)14-16(2)3/h16-19H,7-15,25H2,1-6H3. The number of hydrogen-bond acceptors (Lipinski definition) is 3. The predicted octanol–water partition coefficient (Wildman–Crippen LogP) is 5.78. The van der Waals surface area contributed by atoms with Crippen molar-refractivity contribution in [3.63, 3.8) is 0 Å². The Morgan fingerprint density at radius 2 is 1.93 bits per heavy atom. The lowest BCUT2D eigenvalue weighted by atomic mass is 9.40. The van der Waals surface area contributed by atoms with E-state index in [9.17, 15) is 0 Å². The van der Waals surface area contributed by atoms with Gasteiger partial charge in [-0.3, -0.25) is 0 Å². The van der Waals surface area contributed by atoms with Gasteiger partial charge in [0.1, 0.15) is 5.72 Å². The summed E-state index contributed by atoms with van der Waals surface area (Å²) in [4.78, 5) is 0. The Bertz CT molecular complexity index is 585. The molecule has 4 heteroatoms. The molecule has 0 aromatic rings. The van der Waals surface area contributed by atoms with Crippen molar-refractivity contribution >= 4 is 7.12 Å². The Hall–Kier alpha value is -0.0551. The van der Waals surface area contributed by atoms with Crippen LogP contribution in [0.3, 0.4) is 0 Å². The molecule has 7 atom stereocenters. The first-order chi connectivity index (χ1) is 12.6. The van der Waals surface area contributed by atoms with Gasteiger partial charge >= 0.3 is 7.12 Å². The van der Waals surface area contributed by atoms with Crippen molar-refractivity contribution in [3.8, 4) is 0 Å². The molecule has 0 radical (unpaired) electrons. The van der Waals surface area contributed by atoms with Gasteiger partial charge in [0.15, 0.2) is 0 Å². The highest BCUT2D eigenvalue weighted by atomic mass is 16.7. The van der Waals surface area contributed by atoms with Gasteiger partial charge in [0, 0.05) is 0 Å². The Morgan fingerprint density at radius 1 is 1.19 bits per heavy atom. The highest BCUT2D eigenvalue weighted by Crippen LogP contribution is 2.70. The van der Waals surface area contributed by atoms with Crippen LogP contribution in [0.25, 0.3) is 0 Å². The van der Waals surface area contributed by atoms with Crippen LogP contribution in [0.4, 0.5) is 0 Å². The highest BCUT2D eigenvalue weighted by Gasteiger charge is 2.75. The molecule has 1 aliphatic heterocycles. The molecule has 5 aliphatic rings. The fourth-order valence-electron chi connectivity index (χ4n) is 7.81. The third-order valence-corrected chi connectivity index (χ3v) is 9.42. The summed E-state index contributed by atoms with van der Waals surface area (Å²) in [7, 11) is -0.110. The summed E-state index contributed by atoms with van der Waals surface area (Å²) < 4.78 is 13.6. The van der Waals surface area contributed by atoms with E-state index < -0.39 is 5.72 Å². The van der Waals surface area contributed by atoms with Gasteiger partial charge < -0.3 is 15.0 Å². The Kier molecular flexibility index (Phi) is 4.85. The van der Waals surface area contributed by atoms with Gasteiger partial charge in [-0.25, -0.2) is 0 Å². The third-order valence-electron chi connectivity index (χ3n) is 9.42. The molecular weight excluding hydrogens is 333 g/mol. The van der Waals surface area contributed by atoms with Crippen LogP contribution in [0.5, 0.6) is 0 Å². The lowest BCUT2D eigenvalue weighted by molar-refractivity contribution is -0.248. The van der Waals surface area contributed by atoms with Crippen LogP contribution in [-0.2, 0) is 9.31 Å². The van der Waals surface area contributed by atoms with Crippen LogP contribution < -0.4 is 5.73 Å². The van der Waals surface area contributed by atoms with Gasteiger partial charge in [-0.15, -0.1) is 0 Å². The summed E-state index contributed by atoms with van der Waals surface area (Å²) in [6, 6.07) is 0. The quantitative estimate of drug-likeness (QED) is 0.599. The number of rotatable bonds is 6. The van der Waals surface area contributed by atoms with Gasteiger partial charge in [-0.1, -0.05) is 60.3 Å². The average molecular weight is 375 g/mol. The highest BCUT2D eigenvalue weighted by molar-refractivity contribution is 6.48. The Morgan fingerprint density at radius 3 is 2.59 bits per heavy atom. The fraction of sp³-hybridized carbons (Fsp3) is 1.00. The first kappa shape index (κ1) is 20.2. The molecular formula is C23H42BNO2. The first-order valence-corrected chi connectivity index (χ1v) is 11.7. The molecule has 0 amide bonds. The maximum Gasteiger partial charge on any atom is 0.462 e. The summed E-state index contributed by atoms with van der Waals surface area (Å²) in [6.45, 7) is 14.2. The van der Waals surface area contributed by atoms with E-state index in [1.54, 1.807) is 0 Å². The molecule has 27 heavy (non-hydrogen) atoms. The molecule has 154 valence electrons. The second kappa shape index (κ2) is 6.47. The third kappa shape index (κ3) is 2.80. The molecule has 1 heterocycles. The van der Waals surface area contributed by atoms with Crippen molar-refractivity contribution in [2.45, 2.75) is 116 Å². The maximum absolute atomic E-state index is 6.97. The van der Waals surface area contributed by atoms with Crippen molar-refractivity contribution in [1.29, 1.82) is 0 Å². The van der Waals surface area contributed by atoms with Crippen molar-refractivity contribution in [1.82, 2.24) is 0 Å². The minimum Gasteiger partial charge on any atom is -0.401 e. The number of nitrogens with two attached hydrogens (primary N) is 1. The molecule has 4 aliphatic carbocycles. The van der Waals surface area contributed by atoms with E-state index >= 15 is 0 Å². The van der Waals surface area contributed by atoms with Crippen molar-refractivity contribution in [3.05, 3.63) is 0 Å². The second-order valence-electron chi connectivity index (χ2n) is 11.7. The van der Waals surface area contributed by atoms with E-state index in [1.165, 1.54) is 51.4 Å². The van der Waals surface area contributed by atoms with E-state index in [0.29, 0.717) is 34.4 Å². The molecule has 4 saturated carbocycles. The van der Waals surface area contributed by atoms with Crippen LogP contribution in [0, 0.1) is 28.6 Å². The van der Waals surface area contributed by atoms with E-state index in [1.807, 2.05) is 0 Å². The van der Waals surface area contributed by atoms with Crippen molar-refractivity contribution in [2.24, 2.45) is 34.3 Å². The minimum absolute atomic E-state index is 0.110. The largest absolute Gasteiger partial charge is 0.462 e. The molecule has 3 nitrogen and oxygen atoms in total. The maximum atomic E-state index is 6.97. The average Bonchev–Trinajstić information content (AvgIpc) is 3.07. The summed E-state index contributed by atoms with van der Waals surface area (Å²) in [5.74, 6) is 2.46. The zero-order valence-corrected chi connectivity index (χ0v) is 18.6. The summed E-state index contributed by atoms with van der Waals surface area (Å²) in [6.07, 6.45) is 11.2. The van der Waals surface area contributed by atoms with Gasteiger partial charge in [-0.05, 0) is 73.4 Å². The van der Waals surface area contributed by atoms with Crippen LogP contribution in [0.2, 0.25) is 5.82 Å². The fourth-order valence-corrected chi connectivity index (χ4v) is 7.81. The molecule has 5 fully saturated rings. The molecule has 0 spiro atoms. The van der Waals surface area contributed by atoms with Crippen molar-refractivity contribution < 1.29 is 9.31 Å². The number of hydrogen-bond donors (Lipinski definition) is 1. The first-order valence-electron chi connectivity index (χ1n) is 11.7. The molecule has 7 unspecified atom stereocenters. The van der Waals surface area contributed by atoms with Gasteiger partial charge in [-0.2, -0.15) is 0 Å². The summed E-state index contributed by atoms with van der Waals surface area (Å²) in [5.41, 5.74) is 6.78. The lowest BCUT2D eigenvalue weighted by Gasteiger charge is -2.68. The minimum atomic E-state index is -0.585. The van der Waals surface area contributed by atoms with Crippen molar-refractivity contribution in [2.75, 3.05) is 0 Å². The zero-order chi connectivity index (χ0) is 19.7. The molecule has 1 saturated heterocycles. The van der Waals surface area contributed by atoms with E-state index in [4.69, 9.17) is 15.0 Å². The molecule has 5 rings (SSSR count). The monoisotopic (exact) mass is 375 g/mol. The summed E-state index contributed by atoms with van der Waals surface area (Å²) in [5, 5.41) is 0. The summed E-state index contributed by atoms with van der Waals surface area (Å²) >= 11 is 0. The molecule has 2 bridgehead atoms. The van der Waals surface area contributed by atoms with E-state index in [0.717, 1.165) is 6.42 Å². The smallest absolute Gasteiger partial charge is 0.401 e. The predicted molar refractivity (Wildman–Crippen MR) is 112 cm³/mol. The van der Waals surface area contributed by atoms with Crippen LogP contribution in [0.15, 0.2) is 0 Å². The molecule has 0 aromatic carbocycles. The Balaban J connectivity index is 1.56. The lowest BCUT2D eigenvalue weighted by Crippen LogP contribution is -2.74. The van der Waals surface area contributed by atoms with Gasteiger partial charge in [0.05, 0.1) is 5.60 Å². The van der Waals surface area contributed by atoms with E-state index in [2.05, 4.69) is 41.5 Å². The zero-order valence-electron chi connectivity index (χ0n) is 18.6.